The molecule has 11 aromatic rings. The van der Waals surface area contributed by atoms with Crippen molar-refractivity contribution < 1.29 is 19.2 Å². The maximum absolute atomic E-state index is 15.2. The highest BCUT2D eigenvalue weighted by molar-refractivity contribution is 7.14. The lowest BCUT2D eigenvalue weighted by atomic mass is 10.0. The highest BCUT2D eigenvalue weighted by Gasteiger charge is 2.51. The van der Waals surface area contributed by atoms with Crippen molar-refractivity contribution in [2.45, 2.75) is 130 Å². The van der Waals surface area contributed by atoms with E-state index in [4.69, 9.17) is 9.97 Å². The van der Waals surface area contributed by atoms with Crippen LogP contribution in [0.3, 0.4) is 0 Å². The third-order valence-corrected chi connectivity index (χ3v) is 25.3. The maximum Gasteiger partial charge on any atom is 0.261 e. The molecule has 0 atom stereocenters. The molecule has 0 radical (unpaired) electrons. The minimum atomic E-state index is -0.108. The first-order chi connectivity index (χ1) is 53.1. The van der Waals surface area contributed by atoms with Crippen molar-refractivity contribution in [3.63, 3.8) is 0 Å². The summed E-state index contributed by atoms with van der Waals surface area (Å²) in [4.78, 5) is 92.5. The number of nitrogens with zero attached hydrogens (tertiary/aromatic N) is 6. The van der Waals surface area contributed by atoms with Crippen molar-refractivity contribution in [3.05, 3.63) is 231 Å². The third-order valence-electron chi connectivity index (χ3n) is 21.5. The number of unbranched alkanes of at least 4 members (excludes halogenated alkanes) is 12. The van der Waals surface area contributed by atoms with E-state index in [9.17, 15) is 0 Å². The first-order valence-corrected chi connectivity index (χ1v) is 41.9. The Balaban J connectivity index is 0.834. The van der Waals surface area contributed by atoms with Gasteiger partial charge in [-0.25, -0.2) is 9.97 Å². The molecule has 108 heavy (non-hydrogen) atoms. The fourth-order valence-corrected chi connectivity index (χ4v) is 19.7. The molecule has 8 bridgehead atoms. The van der Waals surface area contributed by atoms with Gasteiger partial charge in [-0.15, -0.1) is 45.3 Å². The van der Waals surface area contributed by atoms with Crippen LogP contribution >= 0.6 is 45.3 Å². The quantitative estimate of drug-likeness (QED) is 0.0456. The van der Waals surface area contributed by atoms with E-state index in [-0.39, 0.29) is 23.6 Å². The topological polar surface area (TPSA) is 139 Å². The van der Waals surface area contributed by atoms with Gasteiger partial charge in [0.25, 0.3) is 23.6 Å². The number of thiophene rings is 4. The average molecular weight is 1490 g/mol. The second-order valence-electron chi connectivity index (χ2n) is 28.5. The molecule has 6 aliphatic rings. The van der Waals surface area contributed by atoms with Gasteiger partial charge in [0.15, 0.2) is 0 Å². The van der Waals surface area contributed by atoms with Gasteiger partial charge >= 0.3 is 0 Å². The zero-order valence-corrected chi connectivity index (χ0v) is 64.5. The van der Waals surface area contributed by atoms with Crippen LogP contribution in [-0.4, -0.2) is 89.3 Å². The molecule has 0 spiro atoms. The largest absolute Gasteiger partial charge is 0.353 e. The lowest BCUT2D eigenvalue weighted by Gasteiger charge is -2.24. The molecule has 0 saturated heterocycles. The summed E-state index contributed by atoms with van der Waals surface area (Å²) in [6.07, 6.45) is 15.9. The van der Waals surface area contributed by atoms with Gasteiger partial charge in [-0.2, -0.15) is 0 Å². The molecule has 6 aliphatic heterocycles. The number of amides is 4. The smallest absolute Gasteiger partial charge is 0.261 e. The molecule has 0 aliphatic carbocycles. The zero-order chi connectivity index (χ0) is 73.5. The molecule has 12 nitrogen and oxygen atoms in total. The summed E-state index contributed by atoms with van der Waals surface area (Å²) in [5.41, 5.74) is 16.3. The van der Waals surface area contributed by atoms with Crippen LogP contribution in [0.15, 0.2) is 191 Å². The number of hydrogen-bond acceptors (Lipinski definition) is 10. The average Bonchev–Trinajstić information content (AvgIpc) is 1.56. The van der Waals surface area contributed by atoms with E-state index in [0.717, 1.165) is 232 Å². The van der Waals surface area contributed by atoms with Crippen LogP contribution < -0.4 is 0 Å². The van der Waals surface area contributed by atoms with E-state index < -0.39 is 0 Å². The monoisotopic (exact) mass is 1490 g/mol. The van der Waals surface area contributed by atoms with Crippen molar-refractivity contribution in [1.29, 1.82) is 0 Å². The number of aromatic amines is 2. The number of H-pyrrole nitrogens is 2. The summed E-state index contributed by atoms with van der Waals surface area (Å²) < 4.78 is 0. The van der Waals surface area contributed by atoms with Crippen molar-refractivity contribution in [2.24, 2.45) is 0 Å². The highest BCUT2D eigenvalue weighted by atomic mass is 32.1. The SMILES string of the molecule is CCCCCCN1C(=O)C2=C(c3ccc(C#Cc4c5nc(cc6[nH]c(c(C#Cc7ccc(C8=C9C(=O)N(CCCCCC)C(c%10cccs%10)=C9C(=O)N8CCCCCC)s7)c7nc(cc8[nH]c4c4ccccc84)-c4ccccc4-7)c4ccccc64)-c4ccccc4-5)s3)N(CCCCCC)C(=O)C2=C1c1cccs1. The molecule has 0 saturated carbocycles. The van der Waals surface area contributed by atoms with Crippen LogP contribution in [0.25, 0.3) is 111 Å². The Kier molecular flexibility index (Phi) is 19.8. The summed E-state index contributed by atoms with van der Waals surface area (Å²) in [6, 6.07) is 54.1. The van der Waals surface area contributed by atoms with Crippen LogP contribution in [0, 0.1) is 23.7 Å². The fraction of sp³-hybridized carbons (Fsp3) is 0.261. The Bertz CT molecular complexity index is 5560. The van der Waals surface area contributed by atoms with Gasteiger partial charge in [0, 0.05) is 81.0 Å². The molecule has 4 aromatic carbocycles. The Morgan fingerprint density at radius 1 is 0.343 bits per heavy atom. The lowest BCUT2D eigenvalue weighted by molar-refractivity contribution is -0.124. The number of rotatable bonds is 24. The summed E-state index contributed by atoms with van der Waals surface area (Å²) in [5, 5.41) is 7.94. The molecular formula is C92H82N8O4S4. The maximum atomic E-state index is 15.2. The molecule has 17 rings (SSSR count). The molecule has 2 N–H and O–H groups in total. The number of carbonyl (C=O) groups excluding carboxylic acids is 4. The molecule has 0 unspecified atom stereocenters. The highest BCUT2D eigenvalue weighted by Crippen LogP contribution is 2.52. The van der Waals surface area contributed by atoms with Crippen LogP contribution in [0.2, 0.25) is 0 Å². The Hall–Kier alpha value is -10.7. The van der Waals surface area contributed by atoms with Crippen LogP contribution in [0.5, 0.6) is 0 Å². The third kappa shape index (κ3) is 12.6. The summed E-state index contributed by atoms with van der Waals surface area (Å²) in [5.74, 6) is 14.4. The normalized spacial score (nSPS) is 14.6. The van der Waals surface area contributed by atoms with Crippen molar-refractivity contribution >= 4 is 135 Å². The molecule has 4 amide bonds. The first kappa shape index (κ1) is 70.3. The molecule has 16 heteroatoms. The fourth-order valence-electron chi connectivity index (χ4n) is 16.3. The second-order valence-corrected chi connectivity index (χ2v) is 32.5. The minimum absolute atomic E-state index is 0.108. The predicted octanol–water partition coefficient (Wildman–Crippen LogP) is 22.3. The van der Waals surface area contributed by atoms with Gasteiger partial charge in [-0.05, 0) is 85.0 Å². The van der Waals surface area contributed by atoms with Crippen molar-refractivity contribution in [3.8, 4) is 68.7 Å². The van der Waals surface area contributed by atoms with Crippen LogP contribution in [0.1, 0.15) is 171 Å². The number of aromatic nitrogens is 4. The van der Waals surface area contributed by atoms with Gasteiger partial charge in [-0.3, -0.25) is 19.2 Å². The predicted molar refractivity (Wildman–Crippen MR) is 445 cm³/mol. The van der Waals surface area contributed by atoms with E-state index in [1.54, 1.807) is 22.7 Å². The van der Waals surface area contributed by atoms with E-state index in [1.165, 1.54) is 22.7 Å². The van der Waals surface area contributed by atoms with Gasteiger partial charge in [-0.1, -0.05) is 238 Å². The van der Waals surface area contributed by atoms with Crippen molar-refractivity contribution in [1.82, 2.24) is 39.5 Å². The molecule has 7 aromatic heterocycles. The summed E-state index contributed by atoms with van der Waals surface area (Å²) in [6.45, 7) is 10.9. The van der Waals surface area contributed by atoms with E-state index in [1.807, 2.05) is 78.9 Å². The molecule has 538 valence electrons. The number of carbonyl (C=O) groups is 4. The van der Waals surface area contributed by atoms with Crippen LogP contribution in [0.4, 0.5) is 0 Å². The van der Waals surface area contributed by atoms with Crippen LogP contribution in [-0.2, 0) is 19.2 Å². The molecule has 0 fully saturated rings. The standard InChI is InChI=1S/C92H82N8O4S4/c1-5-9-13-25-49-97-85(73-39-29-53-105-73)77-79(91(97)103)87(99(89(77)101)51-27-15-11-7-3)75-47-43-57(107-75)41-45-67-81-63-35-21-17-31-59(63)69(93-81)55-71-61-33-19-23-37-65(61)83(95-71)68(84-66-38-24-20-34-62(66)72(96-84)56-70-60-32-18-22-36-64(60)82(67)94-70)46-42-58-44-48-76(108-58)88-80-78(90(102)100(88)52-28-16-12-8-4)86(74-40-30-54-106-74)98(92(80)104)50-26-14-10-6-2/h17-24,29-40,43-44,47-48,53-56,93,96H,5-16,25-28,49-52H2,1-4H3. The second kappa shape index (κ2) is 30.5. The van der Waals surface area contributed by atoms with Gasteiger partial charge < -0.3 is 29.6 Å². The number of fused-ring (bicyclic) bond motifs is 22. The Labute approximate surface area is 645 Å². The van der Waals surface area contributed by atoms with E-state index in [2.05, 4.69) is 171 Å². The molecule has 13 heterocycles. The summed E-state index contributed by atoms with van der Waals surface area (Å²) in [7, 11) is 0. The lowest BCUT2D eigenvalue weighted by Crippen LogP contribution is -2.30. The Morgan fingerprint density at radius 3 is 1.02 bits per heavy atom. The number of nitrogens with one attached hydrogen (secondary N) is 2. The Morgan fingerprint density at radius 2 is 0.676 bits per heavy atom. The van der Waals surface area contributed by atoms with Gasteiger partial charge in [0.05, 0.1) is 119 Å². The molecular weight excluding hydrogens is 1410 g/mol. The van der Waals surface area contributed by atoms with Crippen molar-refractivity contribution in [2.75, 3.05) is 26.2 Å². The number of hydrogen-bond donors (Lipinski definition) is 2. The van der Waals surface area contributed by atoms with E-state index >= 15 is 19.2 Å². The first-order valence-electron chi connectivity index (χ1n) is 38.5. The number of benzene rings is 4. The summed E-state index contributed by atoms with van der Waals surface area (Å²) >= 11 is 6.17. The minimum Gasteiger partial charge on any atom is -0.353 e. The zero-order valence-electron chi connectivity index (χ0n) is 61.3. The van der Waals surface area contributed by atoms with Gasteiger partial charge in [0.2, 0.25) is 0 Å². The van der Waals surface area contributed by atoms with Gasteiger partial charge in [0.1, 0.15) is 0 Å². The van der Waals surface area contributed by atoms with E-state index in [0.29, 0.717) is 71.0 Å².